The zero-order valence-electron chi connectivity index (χ0n) is 15.4. The van der Waals surface area contributed by atoms with Crippen molar-refractivity contribution in [1.82, 2.24) is 9.91 Å². The number of hydrazone groups is 1. The van der Waals surface area contributed by atoms with Crippen molar-refractivity contribution in [1.29, 1.82) is 0 Å². The maximum Gasteiger partial charge on any atom is 0.253 e. The summed E-state index contributed by atoms with van der Waals surface area (Å²) in [6, 6.07) is 9.59. The first kappa shape index (κ1) is 18.2. The van der Waals surface area contributed by atoms with E-state index in [1.807, 2.05) is 50.5 Å². The highest BCUT2D eigenvalue weighted by Gasteiger charge is 2.29. The summed E-state index contributed by atoms with van der Waals surface area (Å²) in [4.78, 5) is 15.2. The second-order valence-electron chi connectivity index (χ2n) is 6.55. The maximum atomic E-state index is 12.9. The molecule has 6 heteroatoms. The lowest BCUT2D eigenvalue weighted by molar-refractivity contribution is -0.113. The van der Waals surface area contributed by atoms with Crippen LogP contribution in [0.25, 0.3) is 0 Å². The minimum absolute atomic E-state index is 0.0226. The maximum absolute atomic E-state index is 12.9. The Morgan fingerprint density at radius 1 is 1.19 bits per heavy atom. The number of nitrogens with zero attached hydrogens (tertiary/aromatic N) is 3. The van der Waals surface area contributed by atoms with E-state index in [2.05, 4.69) is 15.3 Å². The van der Waals surface area contributed by atoms with Gasteiger partial charge in [0.15, 0.2) is 0 Å². The molecule has 0 aromatic heterocycles. The molecule has 0 spiro atoms. The first-order valence-corrected chi connectivity index (χ1v) is 8.98. The molecule has 0 unspecified atom stereocenters. The summed E-state index contributed by atoms with van der Waals surface area (Å²) in [5.41, 5.74) is 3.88. The number of carbonyl (C=O) groups is 1. The monoisotopic (exact) mass is 354 g/mol. The van der Waals surface area contributed by atoms with E-state index in [-0.39, 0.29) is 5.91 Å². The number of carbonyl (C=O) groups excluding carboxylic acids is 1. The summed E-state index contributed by atoms with van der Waals surface area (Å²) in [5, 5.41) is 9.05. The van der Waals surface area contributed by atoms with Crippen LogP contribution in [0.1, 0.15) is 12.8 Å². The van der Waals surface area contributed by atoms with Crippen LogP contribution >= 0.6 is 0 Å². The second kappa shape index (κ2) is 8.67. The predicted octanol–water partition coefficient (Wildman–Crippen LogP) is 2.48. The van der Waals surface area contributed by atoms with Gasteiger partial charge in [0, 0.05) is 50.4 Å². The van der Waals surface area contributed by atoms with E-state index in [0.717, 1.165) is 48.5 Å². The molecule has 0 radical (unpaired) electrons. The van der Waals surface area contributed by atoms with Crippen LogP contribution in [0, 0.1) is 0 Å². The lowest BCUT2D eigenvalue weighted by atomic mass is 10.1. The van der Waals surface area contributed by atoms with Gasteiger partial charge < -0.3 is 20.0 Å². The molecule has 1 amide bonds. The van der Waals surface area contributed by atoms with E-state index in [9.17, 15) is 4.79 Å². The Morgan fingerprint density at radius 3 is 2.62 bits per heavy atom. The SMILES string of the molecule is CN(C)/N=C/C=C1\CCC(C(=O)Nc2ccccc2)=C1N1CCOCC1. The van der Waals surface area contributed by atoms with Crippen LogP contribution in [0.2, 0.25) is 0 Å². The Morgan fingerprint density at radius 2 is 1.92 bits per heavy atom. The van der Waals surface area contributed by atoms with Crippen molar-refractivity contribution >= 4 is 17.8 Å². The van der Waals surface area contributed by atoms with Gasteiger partial charge in [-0.15, -0.1) is 0 Å². The van der Waals surface area contributed by atoms with E-state index < -0.39 is 0 Å². The number of rotatable bonds is 5. The third-order valence-corrected chi connectivity index (χ3v) is 4.44. The molecule has 1 N–H and O–H groups in total. The first-order chi connectivity index (χ1) is 12.6. The van der Waals surface area contributed by atoms with Gasteiger partial charge in [0.05, 0.1) is 13.2 Å². The highest BCUT2D eigenvalue weighted by molar-refractivity contribution is 6.05. The van der Waals surface area contributed by atoms with Crippen molar-refractivity contribution in [2.24, 2.45) is 5.10 Å². The fraction of sp³-hybridized carbons (Fsp3) is 0.400. The van der Waals surface area contributed by atoms with Gasteiger partial charge in [0.1, 0.15) is 0 Å². The van der Waals surface area contributed by atoms with E-state index >= 15 is 0 Å². The number of ether oxygens (including phenoxy) is 1. The quantitative estimate of drug-likeness (QED) is 0.652. The fourth-order valence-corrected chi connectivity index (χ4v) is 3.24. The minimum atomic E-state index is -0.0226. The molecule has 2 aliphatic rings. The van der Waals surface area contributed by atoms with Crippen LogP contribution in [0.15, 0.2) is 58.4 Å². The fourth-order valence-electron chi connectivity index (χ4n) is 3.24. The van der Waals surface area contributed by atoms with Gasteiger partial charge in [-0.2, -0.15) is 5.10 Å². The average Bonchev–Trinajstić information content (AvgIpc) is 3.07. The van der Waals surface area contributed by atoms with E-state index in [0.29, 0.717) is 13.2 Å². The molecular formula is C20H26N4O2. The Labute approximate surface area is 154 Å². The lowest BCUT2D eigenvalue weighted by Crippen LogP contribution is -2.36. The molecule has 1 aromatic carbocycles. The molecule has 138 valence electrons. The summed E-state index contributed by atoms with van der Waals surface area (Å²) in [6.45, 7) is 2.99. The zero-order chi connectivity index (χ0) is 18.4. The smallest absolute Gasteiger partial charge is 0.253 e. The Balaban J connectivity index is 1.87. The number of benzene rings is 1. The molecule has 1 aromatic rings. The van der Waals surface area contributed by atoms with Crippen LogP contribution in [-0.4, -0.2) is 62.4 Å². The molecule has 0 atom stereocenters. The topological polar surface area (TPSA) is 57.2 Å². The van der Waals surface area contributed by atoms with Crippen LogP contribution < -0.4 is 5.32 Å². The normalized spacial score (nSPS) is 19.5. The van der Waals surface area contributed by atoms with Gasteiger partial charge in [-0.25, -0.2) is 0 Å². The zero-order valence-corrected chi connectivity index (χ0v) is 15.4. The predicted molar refractivity (Wildman–Crippen MR) is 104 cm³/mol. The summed E-state index contributed by atoms with van der Waals surface area (Å²) in [7, 11) is 3.78. The van der Waals surface area contributed by atoms with Gasteiger partial charge in [0.2, 0.25) is 0 Å². The van der Waals surface area contributed by atoms with Crippen molar-refractivity contribution in [3.8, 4) is 0 Å². The molecule has 0 bridgehead atoms. The van der Waals surface area contributed by atoms with Crippen LogP contribution in [0.4, 0.5) is 5.69 Å². The molecule has 3 rings (SSSR count). The molecule has 1 aliphatic carbocycles. The summed E-state index contributed by atoms with van der Waals surface area (Å²) in [5.74, 6) is -0.0226. The van der Waals surface area contributed by atoms with Gasteiger partial charge in [0.25, 0.3) is 5.91 Å². The Kier molecular flexibility index (Phi) is 6.07. The van der Waals surface area contributed by atoms with Crippen molar-refractivity contribution in [2.45, 2.75) is 12.8 Å². The molecule has 6 nitrogen and oxygen atoms in total. The van der Waals surface area contributed by atoms with Crippen LogP contribution in [0.3, 0.4) is 0 Å². The highest BCUT2D eigenvalue weighted by Crippen LogP contribution is 2.34. The standard InChI is InChI=1S/C20H26N4O2/c1-23(2)21-11-10-16-8-9-18(19(16)24-12-14-26-15-13-24)20(25)22-17-6-4-3-5-7-17/h3-7,10-11H,8-9,12-15H2,1-2H3,(H,22,25)/b16-10+,21-11+. The van der Waals surface area contributed by atoms with Crippen molar-refractivity contribution in [2.75, 3.05) is 45.7 Å². The second-order valence-corrected chi connectivity index (χ2v) is 6.55. The molecule has 1 aliphatic heterocycles. The van der Waals surface area contributed by atoms with Crippen molar-refractivity contribution in [3.63, 3.8) is 0 Å². The van der Waals surface area contributed by atoms with Crippen LogP contribution in [-0.2, 0) is 9.53 Å². The first-order valence-electron chi connectivity index (χ1n) is 8.98. The van der Waals surface area contributed by atoms with Gasteiger partial charge in [-0.3, -0.25) is 4.79 Å². The Bertz CT molecular complexity index is 717. The molecule has 26 heavy (non-hydrogen) atoms. The van der Waals surface area contributed by atoms with E-state index in [1.165, 1.54) is 0 Å². The molecular weight excluding hydrogens is 328 g/mol. The third-order valence-electron chi connectivity index (χ3n) is 4.44. The minimum Gasteiger partial charge on any atom is -0.378 e. The number of nitrogens with one attached hydrogen (secondary N) is 1. The molecule has 0 saturated carbocycles. The summed E-state index contributed by atoms with van der Waals surface area (Å²) < 4.78 is 5.48. The van der Waals surface area contributed by atoms with Crippen LogP contribution in [0.5, 0.6) is 0 Å². The van der Waals surface area contributed by atoms with Gasteiger partial charge in [-0.1, -0.05) is 18.2 Å². The lowest BCUT2D eigenvalue weighted by Gasteiger charge is -2.31. The average molecular weight is 354 g/mol. The van der Waals surface area contributed by atoms with E-state index in [1.54, 1.807) is 11.2 Å². The number of para-hydroxylation sites is 1. The van der Waals surface area contributed by atoms with Gasteiger partial charge >= 0.3 is 0 Å². The van der Waals surface area contributed by atoms with Crippen molar-refractivity contribution < 1.29 is 9.53 Å². The molecule has 1 heterocycles. The van der Waals surface area contributed by atoms with Crippen molar-refractivity contribution in [3.05, 3.63) is 53.3 Å². The largest absolute Gasteiger partial charge is 0.378 e. The summed E-state index contributed by atoms with van der Waals surface area (Å²) >= 11 is 0. The number of allylic oxidation sites excluding steroid dienone is 2. The van der Waals surface area contributed by atoms with E-state index in [4.69, 9.17) is 4.74 Å². The molecule has 1 fully saturated rings. The van der Waals surface area contributed by atoms with Gasteiger partial charge in [-0.05, 0) is 36.6 Å². The number of morpholine rings is 1. The number of anilines is 1. The number of hydrogen-bond acceptors (Lipinski definition) is 5. The number of amides is 1. The summed E-state index contributed by atoms with van der Waals surface area (Å²) in [6.07, 6.45) is 5.41. The molecule has 1 saturated heterocycles. The number of hydrogen-bond donors (Lipinski definition) is 1. The third kappa shape index (κ3) is 4.52. The highest BCUT2D eigenvalue weighted by atomic mass is 16.5. The Hall–Kier alpha value is -2.60.